The molecule has 1 saturated heterocycles. The molecule has 1 unspecified atom stereocenters. The van der Waals surface area contributed by atoms with Gasteiger partial charge in [-0.2, -0.15) is 0 Å². The molecule has 0 spiro atoms. The van der Waals surface area contributed by atoms with Crippen LogP contribution in [-0.2, 0) is 6.54 Å². The minimum atomic E-state index is -0.595. The minimum absolute atomic E-state index is 0. The lowest BCUT2D eigenvalue weighted by Crippen LogP contribution is -2.43. The van der Waals surface area contributed by atoms with Gasteiger partial charge in [0.05, 0.1) is 0 Å². The van der Waals surface area contributed by atoms with Crippen molar-refractivity contribution < 1.29 is 9.50 Å². The fourth-order valence-corrected chi connectivity index (χ4v) is 3.15. The third-order valence-corrected chi connectivity index (χ3v) is 4.47. The number of phenols is 1. The topological polar surface area (TPSA) is 51.1 Å². The van der Waals surface area contributed by atoms with Gasteiger partial charge >= 0.3 is 0 Å². The van der Waals surface area contributed by atoms with Crippen LogP contribution in [-0.4, -0.2) is 60.1 Å². The highest BCUT2D eigenvalue weighted by Crippen LogP contribution is 2.17. The predicted molar refractivity (Wildman–Crippen MR) is 107 cm³/mol. The lowest BCUT2D eigenvalue weighted by Gasteiger charge is -2.27. The molecular weight excluding hydrogens is 422 g/mol. The number of likely N-dealkylation sites (N-methyl/N-ethyl adjacent to an activating group) is 1. The van der Waals surface area contributed by atoms with Crippen LogP contribution >= 0.6 is 24.0 Å². The Bertz CT molecular complexity index is 551. The number of hydrogen-bond donors (Lipinski definition) is 2. The molecule has 136 valence electrons. The van der Waals surface area contributed by atoms with E-state index in [0.29, 0.717) is 12.6 Å². The van der Waals surface area contributed by atoms with Crippen molar-refractivity contribution in [3.05, 3.63) is 29.6 Å². The lowest BCUT2D eigenvalue weighted by atomic mass is 10.2. The molecule has 2 rings (SSSR count). The highest BCUT2D eigenvalue weighted by atomic mass is 127. The van der Waals surface area contributed by atoms with Gasteiger partial charge in [-0.25, -0.2) is 4.39 Å². The number of aromatic hydroxyl groups is 1. The summed E-state index contributed by atoms with van der Waals surface area (Å²) in [6, 6.07) is 5.00. The van der Waals surface area contributed by atoms with Gasteiger partial charge in [0.15, 0.2) is 17.5 Å². The molecule has 7 heteroatoms. The summed E-state index contributed by atoms with van der Waals surface area (Å²) in [7, 11) is 1.77. The molecular formula is C17H28FIN4O. The van der Waals surface area contributed by atoms with Gasteiger partial charge in [0.1, 0.15) is 0 Å². The van der Waals surface area contributed by atoms with Gasteiger partial charge in [-0.3, -0.25) is 9.89 Å². The molecule has 1 aromatic rings. The van der Waals surface area contributed by atoms with Crippen LogP contribution < -0.4 is 5.32 Å². The number of hydrogen-bond acceptors (Lipinski definition) is 3. The van der Waals surface area contributed by atoms with E-state index in [1.807, 2.05) is 0 Å². The van der Waals surface area contributed by atoms with E-state index in [4.69, 9.17) is 0 Å². The molecule has 1 aromatic carbocycles. The van der Waals surface area contributed by atoms with E-state index in [1.54, 1.807) is 13.1 Å². The highest BCUT2D eigenvalue weighted by molar-refractivity contribution is 14.0. The van der Waals surface area contributed by atoms with Crippen LogP contribution in [0, 0.1) is 5.82 Å². The van der Waals surface area contributed by atoms with E-state index in [-0.39, 0.29) is 29.7 Å². The highest BCUT2D eigenvalue weighted by Gasteiger charge is 2.27. The molecule has 1 aliphatic heterocycles. The summed E-state index contributed by atoms with van der Waals surface area (Å²) >= 11 is 0. The molecule has 0 radical (unpaired) electrons. The number of phenolic OH excluding ortho intramolecular Hbond substituents is 1. The van der Waals surface area contributed by atoms with Gasteiger partial charge in [-0.1, -0.05) is 19.9 Å². The molecule has 5 nitrogen and oxygen atoms in total. The quantitative estimate of drug-likeness (QED) is 0.412. The Balaban J connectivity index is 0.00000288. The standard InChI is InChI=1S/C17H27FN4O.HI/c1-4-21(5-2)14-8-9-22(12-14)17(19-3)20-11-13-6-7-16(23)15(18)10-13;/h6-7,10,14,23H,4-5,8-9,11-12H2,1-3H3,(H,19,20);1H. The molecule has 1 fully saturated rings. The largest absolute Gasteiger partial charge is 0.505 e. The van der Waals surface area contributed by atoms with E-state index >= 15 is 0 Å². The number of nitrogens with one attached hydrogen (secondary N) is 1. The van der Waals surface area contributed by atoms with Gasteiger partial charge in [-0.15, -0.1) is 24.0 Å². The van der Waals surface area contributed by atoms with Crippen molar-refractivity contribution in [3.8, 4) is 5.75 Å². The van der Waals surface area contributed by atoms with E-state index in [2.05, 4.69) is 34.0 Å². The maximum absolute atomic E-state index is 13.4. The van der Waals surface area contributed by atoms with Crippen molar-refractivity contribution in [2.45, 2.75) is 32.9 Å². The Morgan fingerprint density at radius 2 is 2.12 bits per heavy atom. The summed E-state index contributed by atoms with van der Waals surface area (Å²) in [5.41, 5.74) is 0.779. The Labute approximate surface area is 161 Å². The van der Waals surface area contributed by atoms with Gasteiger partial charge < -0.3 is 15.3 Å². The lowest BCUT2D eigenvalue weighted by molar-refractivity contribution is 0.223. The monoisotopic (exact) mass is 450 g/mol. The van der Waals surface area contributed by atoms with E-state index < -0.39 is 5.82 Å². The summed E-state index contributed by atoms with van der Waals surface area (Å²) in [5.74, 6) is -0.0741. The summed E-state index contributed by atoms with van der Waals surface area (Å²) in [6.45, 7) is 8.94. The molecule has 0 bridgehead atoms. The van der Waals surface area contributed by atoms with Crippen LogP contribution in [0.5, 0.6) is 5.75 Å². The van der Waals surface area contributed by atoms with Crippen molar-refractivity contribution in [1.29, 1.82) is 0 Å². The van der Waals surface area contributed by atoms with Crippen molar-refractivity contribution >= 4 is 29.9 Å². The van der Waals surface area contributed by atoms with E-state index in [1.165, 1.54) is 12.1 Å². The van der Waals surface area contributed by atoms with E-state index in [0.717, 1.165) is 44.1 Å². The number of rotatable bonds is 5. The van der Waals surface area contributed by atoms with Crippen LogP contribution in [0.1, 0.15) is 25.8 Å². The Kier molecular flexibility index (Phi) is 8.75. The average Bonchev–Trinajstić information content (AvgIpc) is 3.02. The first-order valence-electron chi connectivity index (χ1n) is 8.26. The fourth-order valence-electron chi connectivity index (χ4n) is 3.15. The zero-order valence-corrected chi connectivity index (χ0v) is 17.0. The van der Waals surface area contributed by atoms with Gasteiger partial charge in [0.2, 0.25) is 0 Å². The second kappa shape index (κ2) is 10.0. The molecule has 0 aliphatic carbocycles. The maximum Gasteiger partial charge on any atom is 0.193 e. The maximum atomic E-state index is 13.4. The average molecular weight is 450 g/mol. The third kappa shape index (κ3) is 5.20. The first-order chi connectivity index (χ1) is 11.1. The predicted octanol–water partition coefficient (Wildman–Crippen LogP) is 2.64. The number of halogens is 2. The molecule has 0 amide bonds. The van der Waals surface area contributed by atoms with Gasteiger partial charge in [-0.05, 0) is 37.2 Å². The molecule has 0 saturated carbocycles. The number of aliphatic imine (C=N–C) groups is 1. The Hall–Kier alpha value is -1.09. The van der Waals surface area contributed by atoms with E-state index in [9.17, 15) is 9.50 Å². The van der Waals surface area contributed by atoms with Crippen LogP contribution in [0.2, 0.25) is 0 Å². The first kappa shape index (κ1) is 21.0. The van der Waals surface area contributed by atoms with Crippen molar-refractivity contribution in [2.75, 3.05) is 33.2 Å². The Morgan fingerprint density at radius 1 is 1.42 bits per heavy atom. The minimum Gasteiger partial charge on any atom is -0.505 e. The molecule has 24 heavy (non-hydrogen) atoms. The third-order valence-electron chi connectivity index (χ3n) is 4.47. The summed E-state index contributed by atoms with van der Waals surface area (Å²) in [4.78, 5) is 9.06. The van der Waals surface area contributed by atoms with Crippen molar-refractivity contribution in [2.24, 2.45) is 4.99 Å². The zero-order valence-electron chi connectivity index (χ0n) is 14.6. The van der Waals surface area contributed by atoms with Crippen LogP contribution in [0.3, 0.4) is 0 Å². The number of likely N-dealkylation sites (tertiary alicyclic amines) is 1. The summed E-state index contributed by atoms with van der Waals surface area (Å²) < 4.78 is 13.4. The van der Waals surface area contributed by atoms with Gasteiger partial charge in [0, 0.05) is 32.7 Å². The molecule has 1 heterocycles. The summed E-state index contributed by atoms with van der Waals surface area (Å²) in [5, 5.41) is 12.5. The molecule has 1 aliphatic rings. The molecule has 2 N–H and O–H groups in total. The second-order valence-electron chi connectivity index (χ2n) is 5.80. The van der Waals surface area contributed by atoms with Crippen molar-refractivity contribution in [3.63, 3.8) is 0 Å². The smallest absolute Gasteiger partial charge is 0.193 e. The van der Waals surface area contributed by atoms with Crippen LogP contribution in [0.25, 0.3) is 0 Å². The van der Waals surface area contributed by atoms with Crippen molar-refractivity contribution in [1.82, 2.24) is 15.1 Å². The number of nitrogens with zero attached hydrogens (tertiary/aromatic N) is 3. The summed E-state index contributed by atoms with van der Waals surface area (Å²) in [6.07, 6.45) is 1.14. The SMILES string of the molecule is CCN(CC)C1CCN(C(=NC)NCc2ccc(O)c(F)c2)C1.I. The molecule has 1 atom stereocenters. The number of guanidine groups is 1. The van der Waals surface area contributed by atoms with Gasteiger partial charge in [0.25, 0.3) is 0 Å². The first-order valence-corrected chi connectivity index (χ1v) is 8.26. The second-order valence-corrected chi connectivity index (χ2v) is 5.80. The normalized spacial score (nSPS) is 18.0. The zero-order chi connectivity index (χ0) is 16.8. The Morgan fingerprint density at radius 3 is 2.71 bits per heavy atom. The van der Waals surface area contributed by atoms with Crippen LogP contribution in [0.4, 0.5) is 4.39 Å². The molecule has 0 aromatic heterocycles. The fraction of sp³-hybridized carbons (Fsp3) is 0.588. The number of benzene rings is 1. The van der Waals surface area contributed by atoms with Crippen LogP contribution in [0.15, 0.2) is 23.2 Å².